The van der Waals surface area contributed by atoms with E-state index in [0.717, 1.165) is 32.4 Å². The fourth-order valence-electron chi connectivity index (χ4n) is 1.81. The molecular formula is C11H23ClN2O2. The van der Waals surface area contributed by atoms with Gasteiger partial charge in [0.25, 0.3) is 0 Å². The molecule has 1 heterocycles. The van der Waals surface area contributed by atoms with Gasteiger partial charge in [-0.1, -0.05) is 6.92 Å². The topological polar surface area (TPSA) is 41.6 Å². The Labute approximate surface area is 104 Å². The maximum Gasteiger partial charge on any atom is 0.248 e. The molecule has 0 saturated carbocycles. The quantitative estimate of drug-likeness (QED) is 0.742. The molecule has 1 fully saturated rings. The van der Waals surface area contributed by atoms with Crippen molar-refractivity contribution in [1.29, 1.82) is 0 Å². The van der Waals surface area contributed by atoms with E-state index in [4.69, 9.17) is 4.74 Å². The van der Waals surface area contributed by atoms with Crippen molar-refractivity contribution in [2.75, 3.05) is 33.4 Å². The number of carbonyl (C=O) groups excluding carboxylic acids is 1. The minimum Gasteiger partial charge on any atom is -0.372 e. The van der Waals surface area contributed by atoms with E-state index in [1.165, 1.54) is 0 Å². The average molecular weight is 251 g/mol. The molecule has 4 nitrogen and oxygen atoms in total. The Kier molecular flexibility index (Phi) is 8.61. The van der Waals surface area contributed by atoms with Crippen molar-refractivity contribution in [1.82, 2.24) is 10.2 Å². The number of ether oxygens (including phenoxy) is 1. The zero-order chi connectivity index (χ0) is 11.1. The van der Waals surface area contributed by atoms with Gasteiger partial charge in [-0.2, -0.15) is 0 Å². The molecular weight excluding hydrogens is 228 g/mol. The smallest absolute Gasteiger partial charge is 0.248 e. The number of rotatable bonds is 5. The van der Waals surface area contributed by atoms with Gasteiger partial charge < -0.3 is 15.0 Å². The second-order valence-electron chi connectivity index (χ2n) is 4.00. The van der Waals surface area contributed by atoms with Crippen LogP contribution in [-0.4, -0.2) is 50.2 Å². The lowest BCUT2D eigenvalue weighted by Crippen LogP contribution is -2.45. The van der Waals surface area contributed by atoms with Crippen molar-refractivity contribution in [3.8, 4) is 0 Å². The van der Waals surface area contributed by atoms with Gasteiger partial charge in [0.2, 0.25) is 5.91 Å². The van der Waals surface area contributed by atoms with Crippen LogP contribution in [0.25, 0.3) is 0 Å². The lowest BCUT2D eigenvalue weighted by Gasteiger charge is -2.31. The van der Waals surface area contributed by atoms with Crippen molar-refractivity contribution >= 4 is 18.3 Å². The third kappa shape index (κ3) is 5.14. The Morgan fingerprint density at radius 3 is 2.56 bits per heavy atom. The van der Waals surface area contributed by atoms with Gasteiger partial charge in [0, 0.05) is 25.7 Å². The summed E-state index contributed by atoms with van der Waals surface area (Å²) in [5, 5.41) is 3.25. The molecule has 1 aliphatic rings. The Morgan fingerprint density at radius 2 is 2.06 bits per heavy atom. The summed E-state index contributed by atoms with van der Waals surface area (Å²) in [5.41, 5.74) is 0. The highest BCUT2D eigenvalue weighted by Gasteiger charge is 2.21. The largest absolute Gasteiger partial charge is 0.372 e. The number of nitrogens with one attached hydrogen (secondary N) is 1. The van der Waals surface area contributed by atoms with Gasteiger partial charge in [-0.05, 0) is 26.3 Å². The standard InChI is InChI=1S/C11H22N2O2.ClH/c1-3-8-15-9-11(14)13-6-4-10(12-2)5-7-13;/h10,12H,3-9H2,1-2H3;1H. The maximum atomic E-state index is 11.6. The van der Waals surface area contributed by atoms with E-state index in [2.05, 4.69) is 5.32 Å². The van der Waals surface area contributed by atoms with Crippen LogP contribution in [0.3, 0.4) is 0 Å². The highest BCUT2D eigenvalue weighted by Crippen LogP contribution is 2.09. The average Bonchev–Trinajstić information content (AvgIpc) is 2.29. The third-order valence-corrected chi connectivity index (χ3v) is 2.83. The SMILES string of the molecule is CCCOCC(=O)N1CCC(NC)CC1.Cl. The molecule has 16 heavy (non-hydrogen) atoms. The summed E-state index contributed by atoms with van der Waals surface area (Å²) < 4.78 is 5.24. The van der Waals surface area contributed by atoms with Crippen molar-refractivity contribution in [3.05, 3.63) is 0 Å². The number of amides is 1. The summed E-state index contributed by atoms with van der Waals surface area (Å²) >= 11 is 0. The zero-order valence-electron chi connectivity index (χ0n) is 10.2. The van der Waals surface area contributed by atoms with Crippen LogP contribution >= 0.6 is 12.4 Å². The van der Waals surface area contributed by atoms with E-state index >= 15 is 0 Å². The molecule has 0 aliphatic carbocycles. The predicted molar refractivity (Wildman–Crippen MR) is 67.0 cm³/mol. The van der Waals surface area contributed by atoms with Gasteiger partial charge in [-0.15, -0.1) is 12.4 Å². The first-order valence-corrected chi connectivity index (χ1v) is 5.80. The number of nitrogens with zero attached hydrogens (tertiary/aromatic N) is 1. The van der Waals surface area contributed by atoms with Crippen LogP contribution in [0.5, 0.6) is 0 Å². The first kappa shape index (κ1) is 15.7. The van der Waals surface area contributed by atoms with Crippen molar-refractivity contribution in [3.63, 3.8) is 0 Å². The molecule has 96 valence electrons. The summed E-state index contributed by atoms with van der Waals surface area (Å²) in [5.74, 6) is 0.137. The van der Waals surface area contributed by atoms with Crippen molar-refractivity contribution in [2.24, 2.45) is 0 Å². The normalized spacial score (nSPS) is 17.0. The molecule has 0 radical (unpaired) electrons. The fraction of sp³-hybridized carbons (Fsp3) is 0.909. The first-order chi connectivity index (χ1) is 7.27. The third-order valence-electron chi connectivity index (χ3n) is 2.83. The van der Waals surface area contributed by atoms with E-state index in [1.807, 2.05) is 18.9 Å². The molecule has 0 aromatic carbocycles. The van der Waals surface area contributed by atoms with Crippen LogP contribution in [0, 0.1) is 0 Å². The van der Waals surface area contributed by atoms with Gasteiger partial charge >= 0.3 is 0 Å². The number of halogens is 1. The van der Waals surface area contributed by atoms with E-state index in [1.54, 1.807) is 0 Å². The van der Waals surface area contributed by atoms with Gasteiger partial charge in [0.1, 0.15) is 6.61 Å². The van der Waals surface area contributed by atoms with Gasteiger partial charge in [-0.3, -0.25) is 4.79 Å². The van der Waals surface area contributed by atoms with E-state index in [0.29, 0.717) is 12.6 Å². The minimum atomic E-state index is 0. The van der Waals surface area contributed by atoms with E-state index in [-0.39, 0.29) is 24.9 Å². The Balaban J connectivity index is 0.00000225. The van der Waals surface area contributed by atoms with Crippen LogP contribution in [0.15, 0.2) is 0 Å². The van der Waals surface area contributed by atoms with Crippen molar-refractivity contribution < 1.29 is 9.53 Å². The molecule has 1 aliphatic heterocycles. The molecule has 0 atom stereocenters. The number of likely N-dealkylation sites (tertiary alicyclic amines) is 1. The summed E-state index contributed by atoms with van der Waals surface area (Å²) in [6.45, 7) is 4.69. The lowest BCUT2D eigenvalue weighted by atomic mass is 10.1. The lowest BCUT2D eigenvalue weighted by molar-refractivity contribution is -0.137. The number of carbonyl (C=O) groups is 1. The van der Waals surface area contributed by atoms with Crippen molar-refractivity contribution in [2.45, 2.75) is 32.2 Å². The van der Waals surface area contributed by atoms with Crippen LogP contribution in [0.1, 0.15) is 26.2 Å². The molecule has 1 rings (SSSR count). The summed E-state index contributed by atoms with van der Waals surface area (Å²) in [6, 6.07) is 0.575. The van der Waals surface area contributed by atoms with Crippen LogP contribution in [0.4, 0.5) is 0 Å². The minimum absolute atomic E-state index is 0. The van der Waals surface area contributed by atoms with E-state index < -0.39 is 0 Å². The van der Waals surface area contributed by atoms with Crippen LogP contribution in [-0.2, 0) is 9.53 Å². The predicted octanol–water partition coefficient (Wildman–Crippen LogP) is 1.05. The van der Waals surface area contributed by atoms with Gasteiger partial charge in [-0.25, -0.2) is 0 Å². The fourth-order valence-corrected chi connectivity index (χ4v) is 1.81. The summed E-state index contributed by atoms with van der Waals surface area (Å²) in [7, 11) is 1.98. The van der Waals surface area contributed by atoms with Crippen LogP contribution < -0.4 is 5.32 Å². The Bertz CT molecular complexity index is 194. The second kappa shape index (κ2) is 8.79. The molecule has 0 spiro atoms. The van der Waals surface area contributed by atoms with Gasteiger partial charge in [0.15, 0.2) is 0 Å². The highest BCUT2D eigenvalue weighted by molar-refractivity contribution is 5.85. The zero-order valence-corrected chi connectivity index (χ0v) is 11.0. The molecule has 0 bridgehead atoms. The molecule has 0 aromatic rings. The Morgan fingerprint density at radius 1 is 1.44 bits per heavy atom. The summed E-state index contributed by atoms with van der Waals surface area (Å²) in [6.07, 6.45) is 3.07. The molecule has 1 N–H and O–H groups in total. The molecule has 0 unspecified atom stereocenters. The molecule has 5 heteroatoms. The monoisotopic (exact) mass is 250 g/mol. The number of piperidine rings is 1. The van der Waals surface area contributed by atoms with Gasteiger partial charge in [0.05, 0.1) is 0 Å². The molecule has 1 amide bonds. The Hall–Kier alpha value is -0.320. The van der Waals surface area contributed by atoms with E-state index in [9.17, 15) is 4.79 Å². The highest BCUT2D eigenvalue weighted by atomic mass is 35.5. The molecule has 1 saturated heterocycles. The van der Waals surface area contributed by atoms with Crippen LogP contribution in [0.2, 0.25) is 0 Å². The second-order valence-corrected chi connectivity index (χ2v) is 4.00. The summed E-state index contributed by atoms with van der Waals surface area (Å²) in [4.78, 5) is 13.6. The molecule has 0 aromatic heterocycles. The maximum absolute atomic E-state index is 11.6. The number of hydrogen-bond acceptors (Lipinski definition) is 3. The number of hydrogen-bond donors (Lipinski definition) is 1. The first-order valence-electron chi connectivity index (χ1n) is 5.80.